The number of nitrogens with one attached hydrogen (secondary N) is 2. The zero-order valence-electron chi connectivity index (χ0n) is 8.71. The zero-order valence-corrected chi connectivity index (χ0v) is 8.71. The first-order valence-electron chi connectivity index (χ1n) is 5.00. The molecular formula is C10H17N3O. The molecule has 1 rings (SSSR count). The molecule has 1 unspecified atom stereocenters. The fourth-order valence-electron chi connectivity index (χ4n) is 1.30. The lowest BCUT2D eigenvalue weighted by Gasteiger charge is -2.09. The second-order valence-electron chi connectivity index (χ2n) is 3.44. The molecule has 1 amide bonds. The van der Waals surface area contributed by atoms with Gasteiger partial charge < -0.3 is 10.3 Å². The Kier molecular flexibility index (Phi) is 4.16. The van der Waals surface area contributed by atoms with Gasteiger partial charge in [-0.15, -0.1) is 0 Å². The van der Waals surface area contributed by atoms with Crippen LogP contribution in [0.5, 0.6) is 0 Å². The molecule has 0 aliphatic carbocycles. The van der Waals surface area contributed by atoms with E-state index in [1.165, 1.54) is 0 Å². The van der Waals surface area contributed by atoms with E-state index >= 15 is 0 Å². The Bertz CT molecular complexity index is 269. The van der Waals surface area contributed by atoms with Gasteiger partial charge in [0.25, 0.3) is 0 Å². The van der Waals surface area contributed by atoms with Crippen molar-refractivity contribution < 1.29 is 4.79 Å². The van der Waals surface area contributed by atoms with E-state index in [2.05, 4.69) is 22.2 Å². The van der Waals surface area contributed by atoms with Gasteiger partial charge in [-0.1, -0.05) is 20.3 Å². The van der Waals surface area contributed by atoms with E-state index in [4.69, 9.17) is 0 Å². The first kappa shape index (κ1) is 10.8. The van der Waals surface area contributed by atoms with Gasteiger partial charge in [-0.2, -0.15) is 0 Å². The fraction of sp³-hybridized carbons (Fsp3) is 0.600. The summed E-state index contributed by atoms with van der Waals surface area (Å²) in [5, 5.41) is 2.84. The largest absolute Gasteiger partial charge is 0.349 e. The van der Waals surface area contributed by atoms with Crippen molar-refractivity contribution in [2.24, 2.45) is 5.92 Å². The molecule has 1 aromatic heterocycles. The predicted octanol–water partition coefficient (Wildman–Crippen LogP) is 1.46. The molecule has 0 bridgehead atoms. The highest BCUT2D eigenvalue weighted by molar-refractivity contribution is 5.78. The first-order chi connectivity index (χ1) is 6.74. The van der Waals surface area contributed by atoms with Crippen LogP contribution in [0.4, 0.5) is 0 Å². The van der Waals surface area contributed by atoms with Crippen LogP contribution in [-0.2, 0) is 11.3 Å². The molecule has 4 nitrogen and oxygen atoms in total. The fourth-order valence-corrected chi connectivity index (χ4v) is 1.30. The summed E-state index contributed by atoms with van der Waals surface area (Å²) in [6.45, 7) is 4.51. The van der Waals surface area contributed by atoms with Crippen molar-refractivity contribution in [2.75, 3.05) is 0 Å². The van der Waals surface area contributed by atoms with Crippen LogP contribution in [0, 0.1) is 5.92 Å². The Hall–Kier alpha value is -1.32. The number of carbonyl (C=O) groups is 1. The van der Waals surface area contributed by atoms with Crippen molar-refractivity contribution in [3.8, 4) is 0 Å². The van der Waals surface area contributed by atoms with Crippen LogP contribution < -0.4 is 5.32 Å². The molecule has 1 aromatic rings. The van der Waals surface area contributed by atoms with Crippen LogP contribution >= 0.6 is 0 Å². The molecular weight excluding hydrogens is 178 g/mol. The molecule has 0 saturated carbocycles. The summed E-state index contributed by atoms with van der Waals surface area (Å²) in [6.07, 6.45) is 5.40. The highest BCUT2D eigenvalue weighted by atomic mass is 16.1. The SMILES string of the molecule is CCCC(C)C(=O)NCc1ncc[nH]1. The van der Waals surface area contributed by atoms with Crippen LogP contribution in [-0.4, -0.2) is 15.9 Å². The van der Waals surface area contributed by atoms with Crippen molar-refractivity contribution in [1.82, 2.24) is 15.3 Å². The third-order valence-electron chi connectivity index (χ3n) is 2.15. The second-order valence-corrected chi connectivity index (χ2v) is 3.44. The van der Waals surface area contributed by atoms with Gasteiger partial charge in [-0.25, -0.2) is 4.98 Å². The number of rotatable bonds is 5. The van der Waals surface area contributed by atoms with Crippen molar-refractivity contribution in [3.05, 3.63) is 18.2 Å². The summed E-state index contributed by atoms with van der Waals surface area (Å²) in [5.74, 6) is 0.986. The summed E-state index contributed by atoms with van der Waals surface area (Å²) in [6, 6.07) is 0. The van der Waals surface area contributed by atoms with Crippen LogP contribution in [0.3, 0.4) is 0 Å². The van der Waals surface area contributed by atoms with E-state index < -0.39 is 0 Å². The van der Waals surface area contributed by atoms with Gasteiger partial charge in [0.2, 0.25) is 5.91 Å². The lowest BCUT2D eigenvalue weighted by atomic mass is 10.1. The normalized spacial score (nSPS) is 12.4. The summed E-state index contributed by atoms with van der Waals surface area (Å²) in [5.41, 5.74) is 0. The van der Waals surface area contributed by atoms with E-state index in [0.29, 0.717) is 6.54 Å². The maximum atomic E-state index is 11.5. The Balaban J connectivity index is 2.27. The van der Waals surface area contributed by atoms with Crippen molar-refractivity contribution in [2.45, 2.75) is 33.2 Å². The topological polar surface area (TPSA) is 57.8 Å². The molecule has 2 N–H and O–H groups in total. The van der Waals surface area contributed by atoms with Crippen molar-refractivity contribution >= 4 is 5.91 Å². The summed E-state index contributed by atoms with van der Waals surface area (Å²) >= 11 is 0. The van der Waals surface area contributed by atoms with Gasteiger partial charge in [0.05, 0.1) is 6.54 Å². The number of aromatic amines is 1. The van der Waals surface area contributed by atoms with Crippen LogP contribution in [0.1, 0.15) is 32.5 Å². The van der Waals surface area contributed by atoms with Gasteiger partial charge in [0.1, 0.15) is 5.82 Å². The van der Waals surface area contributed by atoms with Crippen LogP contribution in [0.15, 0.2) is 12.4 Å². The molecule has 0 radical (unpaired) electrons. The average Bonchev–Trinajstić information content (AvgIpc) is 2.67. The quantitative estimate of drug-likeness (QED) is 0.747. The van der Waals surface area contributed by atoms with Gasteiger partial charge in [-0.05, 0) is 6.42 Å². The highest BCUT2D eigenvalue weighted by Crippen LogP contribution is 2.04. The maximum absolute atomic E-state index is 11.5. The molecule has 1 heterocycles. The molecule has 0 spiro atoms. The number of carbonyl (C=O) groups excluding carboxylic acids is 1. The predicted molar refractivity (Wildman–Crippen MR) is 54.5 cm³/mol. The van der Waals surface area contributed by atoms with Crippen LogP contribution in [0.2, 0.25) is 0 Å². The summed E-state index contributed by atoms with van der Waals surface area (Å²) < 4.78 is 0. The molecule has 78 valence electrons. The number of imidazole rings is 1. The number of nitrogens with zero attached hydrogens (tertiary/aromatic N) is 1. The molecule has 1 atom stereocenters. The number of hydrogen-bond acceptors (Lipinski definition) is 2. The van der Waals surface area contributed by atoms with Crippen molar-refractivity contribution in [3.63, 3.8) is 0 Å². The van der Waals surface area contributed by atoms with E-state index in [9.17, 15) is 4.79 Å². The third kappa shape index (κ3) is 3.20. The molecule has 0 aliphatic rings. The highest BCUT2D eigenvalue weighted by Gasteiger charge is 2.10. The molecule has 0 aliphatic heterocycles. The van der Waals surface area contributed by atoms with Gasteiger partial charge in [0, 0.05) is 18.3 Å². The minimum Gasteiger partial charge on any atom is -0.349 e. The molecule has 4 heteroatoms. The summed E-state index contributed by atoms with van der Waals surface area (Å²) in [4.78, 5) is 18.4. The maximum Gasteiger partial charge on any atom is 0.223 e. The van der Waals surface area contributed by atoms with Gasteiger partial charge in [-0.3, -0.25) is 4.79 Å². The third-order valence-corrected chi connectivity index (χ3v) is 2.15. The molecule has 14 heavy (non-hydrogen) atoms. The Labute approximate surface area is 84.1 Å². The lowest BCUT2D eigenvalue weighted by molar-refractivity contribution is -0.124. The number of H-pyrrole nitrogens is 1. The van der Waals surface area contributed by atoms with Gasteiger partial charge in [0.15, 0.2) is 0 Å². The minimum absolute atomic E-state index is 0.0926. The smallest absolute Gasteiger partial charge is 0.223 e. The number of aromatic nitrogens is 2. The number of hydrogen-bond donors (Lipinski definition) is 2. The zero-order chi connectivity index (χ0) is 10.4. The van der Waals surface area contributed by atoms with E-state index in [-0.39, 0.29) is 11.8 Å². The van der Waals surface area contributed by atoms with Crippen molar-refractivity contribution in [1.29, 1.82) is 0 Å². The summed E-state index contributed by atoms with van der Waals surface area (Å²) in [7, 11) is 0. The van der Waals surface area contributed by atoms with E-state index in [1.54, 1.807) is 12.4 Å². The van der Waals surface area contributed by atoms with E-state index in [1.807, 2.05) is 6.92 Å². The molecule has 0 saturated heterocycles. The monoisotopic (exact) mass is 195 g/mol. The number of amides is 1. The Morgan fingerprint density at radius 3 is 3.07 bits per heavy atom. The first-order valence-corrected chi connectivity index (χ1v) is 5.00. The minimum atomic E-state index is 0.0926. The standard InChI is InChI=1S/C10H17N3O/c1-3-4-8(2)10(14)13-7-9-11-5-6-12-9/h5-6,8H,3-4,7H2,1-2H3,(H,11,12)(H,13,14). The van der Waals surface area contributed by atoms with Crippen LogP contribution in [0.25, 0.3) is 0 Å². The van der Waals surface area contributed by atoms with E-state index in [0.717, 1.165) is 18.7 Å². The second kappa shape index (κ2) is 5.42. The Morgan fingerprint density at radius 2 is 2.50 bits per heavy atom. The average molecular weight is 195 g/mol. The Morgan fingerprint density at radius 1 is 1.71 bits per heavy atom. The lowest BCUT2D eigenvalue weighted by Crippen LogP contribution is -2.29. The molecule has 0 fully saturated rings. The van der Waals surface area contributed by atoms with Gasteiger partial charge >= 0.3 is 0 Å². The molecule has 0 aromatic carbocycles.